The van der Waals surface area contributed by atoms with Gasteiger partial charge in [0.25, 0.3) is 0 Å². The maximum atomic E-state index is 6.21. The molecular weight excluding hydrogens is 256 g/mol. The molecule has 0 radical (unpaired) electrons. The van der Waals surface area contributed by atoms with E-state index in [0.717, 1.165) is 11.4 Å². The maximum Gasteiger partial charge on any atom is 0.161 e. The van der Waals surface area contributed by atoms with Crippen molar-refractivity contribution in [2.75, 3.05) is 14.2 Å². The quantitative estimate of drug-likeness (QED) is 0.872. The zero-order valence-electron chi connectivity index (χ0n) is 12.2. The molecule has 3 N–H and O–H groups in total. The summed E-state index contributed by atoms with van der Waals surface area (Å²) in [6, 6.07) is 5.19. The van der Waals surface area contributed by atoms with Gasteiger partial charge < -0.3 is 15.2 Å². The lowest BCUT2D eigenvalue weighted by molar-refractivity contribution is 0.354. The van der Waals surface area contributed by atoms with E-state index in [9.17, 15) is 0 Å². The van der Waals surface area contributed by atoms with E-state index in [2.05, 4.69) is 15.2 Å². The Balaban J connectivity index is 2.30. The first-order valence-electron chi connectivity index (χ1n) is 6.46. The average molecular weight is 276 g/mol. The predicted octanol–water partition coefficient (Wildman–Crippen LogP) is 1.99. The van der Waals surface area contributed by atoms with E-state index >= 15 is 0 Å². The molecule has 0 bridgehead atoms. The molecule has 0 fully saturated rings. The van der Waals surface area contributed by atoms with E-state index in [1.54, 1.807) is 14.2 Å². The summed E-state index contributed by atoms with van der Waals surface area (Å²) < 4.78 is 10.5. The van der Waals surface area contributed by atoms with Crippen molar-refractivity contribution in [3.05, 3.63) is 35.4 Å². The summed E-state index contributed by atoms with van der Waals surface area (Å²) in [4.78, 5) is 4.42. The molecule has 2 aromatic rings. The zero-order valence-corrected chi connectivity index (χ0v) is 12.2. The molecule has 1 aromatic heterocycles. The van der Waals surface area contributed by atoms with Crippen LogP contribution in [0.2, 0.25) is 0 Å². The number of nitrogens with two attached hydrogens (primary N) is 1. The molecule has 0 spiro atoms. The zero-order chi connectivity index (χ0) is 14.7. The van der Waals surface area contributed by atoms with Gasteiger partial charge in [-0.3, -0.25) is 5.10 Å². The summed E-state index contributed by atoms with van der Waals surface area (Å²) in [7, 11) is 3.20. The molecule has 1 heterocycles. The van der Waals surface area contributed by atoms with Crippen LogP contribution in [-0.2, 0) is 0 Å². The lowest BCUT2D eigenvalue weighted by Gasteiger charge is -2.13. The molecule has 6 heteroatoms. The maximum absolute atomic E-state index is 6.21. The third-order valence-corrected chi connectivity index (χ3v) is 3.10. The number of rotatable bonds is 5. The average Bonchev–Trinajstić information content (AvgIpc) is 2.95. The first kappa shape index (κ1) is 14.3. The van der Waals surface area contributed by atoms with Gasteiger partial charge in [0.15, 0.2) is 17.3 Å². The molecular formula is C14H20N4O2. The van der Waals surface area contributed by atoms with Crippen molar-refractivity contribution in [3.8, 4) is 11.5 Å². The van der Waals surface area contributed by atoms with Gasteiger partial charge >= 0.3 is 0 Å². The third kappa shape index (κ3) is 2.75. The van der Waals surface area contributed by atoms with Gasteiger partial charge in [0.05, 0.1) is 20.3 Å². The van der Waals surface area contributed by atoms with Crippen molar-refractivity contribution >= 4 is 0 Å². The van der Waals surface area contributed by atoms with E-state index in [1.807, 2.05) is 32.0 Å². The van der Waals surface area contributed by atoms with Gasteiger partial charge in [-0.25, -0.2) is 4.98 Å². The van der Waals surface area contributed by atoms with Crippen LogP contribution < -0.4 is 15.2 Å². The summed E-state index contributed by atoms with van der Waals surface area (Å²) in [5.74, 6) is 2.97. The fourth-order valence-corrected chi connectivity index (χ4v) is 1.89. The van der Waals surface area contributed by atoms with E-state index in [0.29, 0.717) is 17.3 Å². The number of hydrogen-bond acceptors (Lipinski definition) is 5. The molecule has 0 saturated heterocycles. The monoisotopic (exact) mass is 276 g/mol. The number of benzene rings is 1. The number of ether oxygens (including phenoxy) is 2. The highest BCUT2D eigenvalue weighted by atomic mass is 16.5. The Morgan fingerprint density at radius 3 is 2.40 bits per heavy atom. The van der Waals surface area contributed by atoms with Crippen molar-refractivity contribution in [2.24, 2.45) is 5.73 Å². The molecule has 0 aliphatic carbocycles. The molecule has 0 aliphatic rings. The normalized spacial score (nSPS) is 12.5. The standard InChI is InChI=1S/C14H20N4O2/c1-8(2)13-16-14(18-17-13)12(15)9-5-6-10(19-3)11(7-9)20-4/h5-8,12H,15H2,1-4H3,(H,16,17,18)/t12-/m0/s1. The summed E-state index contributed by atoms with van der Waals surface area (Å²) in [6.07, 6.45) is 0. The molecule has 0 saturated carbocycles. The Kier molecular flexibility index (Phi) is 4.24. The summed E-state index contributed by atoms with van der Waals surface area (Å²) in [6.45, 7) is 4.07. The van der Waals surface area contributed by atoms with Gasteiger partial charge in [-0.05, 0) is 17.7 Å². The SMILES string of the molecule is COc1ccc([C@H](N)c2nc(C(C)C)n[nH]2)cc1OC. The number of nitrogens with one attached hydrogen (secondary N) is 1. The van der Waals surface area contributed by atoms with Crippen molar-refractivity contribution < 1.29 is 9.47 Å². The molecule has 6 nitrogen and oxygen atoms in total. The van der Waals surface area contributed by atoms with Crippen LogP contribution in [0, 0.1) is 0 Å². The van der Waals surface area contributed by atoms with Crippen LogP contribution in [0.4, 0.5) is 0 Å². The summed E-state index contributed by atoms with van der Waals surface area (Å²) in [5, 5.41) is 7.06. The van der Waals surface area contributed by atoms with E-state index in [1.165, 1.54) is 0 Å². The smallest absolute Gasteiger partial charge is 0.161 e. The fourth-order valence-electron chi connectivity index (χ4n) is 1.89. The number of nitrogens with zero attached hydrogens (tertiary/aromatic N) is 2. The van der Waals surface area contributed by atoms with Gasteiger partial charge in [-0.1, -0.05) is 19.9 Å². The van der Waals surface area contributed by atoms with Gasteiger partial charge in [-0.2, -0.15) is 5.10 Å². The first-order chi connectivity index (χ1) is 9.56. The Bertz CT molecular complexity index is 580. The van der Waals surface area contributed by atoms with Crippen molar-refractivity contribution in [2.45, 2.75) is 25.8 Å². The highest BCUT2D eigenvalue weighted by Gasteiger charge is 2.17. The first-order valence-corrected chi connectivity index (χ1v) is 6.46. The fraction of sp³-hybridized carbons (Fsp3) is 0.429. The molecule has 0 amide bonds. The second kappa shape index (κ2) is 5.92. The van der Waals surface area contributed by atoms with Crippen molar-refractivity contribution in [1.82, 2.24) is 15.2 Å². The Labute approximate surface area is 118 Å². The number of aromatic amines is 1. The number of methoxy groups -OCH3 is 2. The lowest BCUT2D eigenvalue weighted by atomic mass is 10.1. The topological polar surface area (TPSA) is 86.0 Å². The summed E-state index contributed by atoms with van der Waals surface area (Å²) in [5.41, 5.74) is 7.10. The van der Waals surface area contributed by atoms with Crippen molar-refractivity contribution in [3.63, 3.8) is 0 Å². The molecule has 0 unspecified atom stereocenters. The minimum Gasteiger partial charge on any atom is -0.493 e. The highest BCUT2D eigenvalue weighted by molar-refractivity contribution is 5.44. The third-order valence-electron chi connectivity index (χ3n) is 3.10. The van der Waals surface area contributed by atoms with E-state index < -0.39 is 0 Å². The minimum atomic E-state index is -0.380. The lowest BCUT2D eigenvalue weighted by Crippen LogP contribution is -2.14. The Morgan fingerprint density at radius 1 is 1.15 bits per heavy atom. The van der Waals surface area contributed by atoms with Crippen LogP contribution in [0.1, 0.15) is 43.0 Å². The van der Waals surface area contributed by atoms with Crippen LogP contribution in [0.15, 0.2) is 18.2 Å². The predicted molar refractivity (Wildman–Crippen MR) is 76.0 cm³/mol. The van der Waals surface area contributed by atoms with Crippen LogP contribution >= 0.6 is 0 Å². The van der Waals surface area contributed by atoms with Crippen LogP contribution in [-0.4, -0.2) is 29.4 Å². The van der Waals surface area contributed by atoms with Gasteiger partial charge in [0.2, 0.25) is 0 Å². The number of H-pyrrole nitrogens is 1. The Hall–Kier alpha value is -2.08. The number of aromatic nitrogens is 3. The molecule has 108 valence electrons. The van der Waals surface area contributed by atoms with Crippen LogP contribution in [0.3, 0.4) is 0 Å². The largest absolute Gasteiger partial charge is 0.493 e. The molecule has 1 atom stereocenters. The van der Waals surface area contributed by atoms with E-state index in [4.69, 9.17) is 15.2 Å². The second-order valence-corrected chi connectivity index (χ2v) is 4.83. The number of hydrogen-bond donors (Lipinski definition) is 2. The van der Waals surface area contributed by atoms with Gasteiger partial charge in [0, 0.05) is 5.92 Å². The van der Waals surface area contributed by atoms with Crippen LogP contribution in [0.5, 0.6) is 11.5 Å². The summed E-state index contributed by atoms with van der Waals surface area (Å²) >= 11 is 0. The highest BCUT2D eigenvalue weighted by Crippen LogP contribution is 2.30. The molecule has 1 aromatic carbocycles. The van der Waals surface area contributed by atoms with E-state index in [-0.39, 0.29) is 12.0 Å². The minimum absolute atomic E-state index is 0.262. The second-order valence-electron chi connectivity index (χ2n) is 4.83. The van der Waals surface area contributed by atoms with Crippen LogP contribution in [0.25, 0.3) is 0 Å². The Morgan fingerprint density at radius 2 is 1.85 bits per heavy atom. The van der Waals surface area contributed by atoms with Gasteiger partial charge in [-0.15, -0.1) is 0 Å². The van der Waals surface area contributed by atoms with Crippen molar-refractivity contribution in [1.29, 1.82) is 0 Å². The molecule has 2 rings (SSSR count). The molecule has 0 aliphatic heterocycles. The molecule has 20 heavy (non-hydrogen) atoms. The van der Waals surface area contributed by atoms with Gasteiger partial charge in [0.1, 0.15) is 5.82 Å².